The number of fused-ring (bicyclic) bond motifs is 1. The molecule has 1 saturated carbocycles. The van der Waals surface area contributed by atoms with Gasteiger partial charge < -0.3 is 4.74 Å². The van der Waals surface area contributed by atoms with E-state index in [2.05, 4.69) is 17.8 Å². The van der Waals surface area contributed by atoms with Crippen molar-refractivity contribution in [2.45, 2.75) is 26.2 Å². The molecular formula is C25H24ClN3O6. The van der Waals surface area contributed by atoms with Gasteiger partial charge in [-0.2, -0.15) is 0 Å². The molecule has 1 aliphatic carbocycles. The lowest BCUT2D eigenvalue weighted by Gasteiger charge is -2.25. The van der Waals surface area contributed by atoms with E-state index in [4.69, 9.17) is 16.3 Å². The lowest BCUT2D eigenvalue weighted by atomic mass is 9.76. The molecule has 3 atom stereocenters. The highest BCUT2D eigenvalue weighted by Crippen LogP contribution is 2.42. The zero-order chi connectivity index (χ0) is 25.1. The van der Waals surface area contributed by atoms with Gasteiger partial charge in [-0.25, -0.2) is 4.79 Å². The molecule has 0 radical (unpaired) electrons. The van der Waals surface area contributed by atoms with Gasteiger partial charge in [0.05, 0.1) is 33.7 Å². The van der Waals surface area contributed by atoms with Crippen LogP contribution >= 0.6 is 11.6 Å². The van der Waals surface area contributed by atoms with Crippen molar-refractivity contribution in [2.24, 2.45) is 17.8 Å². The summed E-state index contributed by atoms with van der Waals surface area (Å²) in [5.74, 6) is -2.96. The third-order valence-corrected chi connectivity index (χ3v) is 6.63. The lowest BCUT2D eigenvalue weighted by Crippen LogP contribution is -2.43. The van der Waals surface area contributed by atoms with Crippen LogP contribution < -0.4 is 15.8 Å². The molecule has 1 saturated heterocycles. The van der Waals surface area contributed by atoms with Crippen LogP contribution in [0.4, 0.5) is 5.69 Å². The average molecular weight is 498 g/mol. The number of nitrogens with one attached hydrogen (secondary N) is 2. The lowest BCUT2D eigenvalue weighted by molar-refractivity contribution is -0.125. The fourth-order valence-corrected chi connectivity index (χ4v) is 4.73. The van der Waals surface area contributed by atoms with Gasteiger partial charge in [0.25, 0.3) is 11.8 Å². The SMILES string of the molecule is C[C@@H]1CC[C@@H]2C(=O)N(c3cccc(C(=O)OCC(=O)NNC(=O)c4ccccc4Cl)c3)C(=O)[C@H]2C1. The summed E-state index contributed by atoms with van der Waals surface area (Å²) < 4.78 is 5.01. The Morgan fingerprint density at radius 2 is 1.74 bits per heavy atom. The molecule has 2 N–H and O–H groups in total. The Kier molecular flexibility index (Phi) is 7.16. The van der Waals surface area contributed by atoms with E-state index in [0.717, 1.165) is 11.3 Å². The van der Waals surface area contributed by atoms with E-state index in [-0.39, 0.29) is 39.8 Å². The van der Waals surface area contributed by atoms with Crippen LogP contribution in [0.3, 0.4) is 0 Å². The summed E-state index contributed by atoms with van der Waals surface area (Å²) in [6.45, 7) is 1.42. The number of carbonyl (C=O) groups excluding carboxylic acids is 5. The number of esters is 1. The molecule has 2 aromatic rings. The van der Waals surface area contributed by atoms with Crippen molar-refractivity contribution in [3.05, 3.63) is 64.7 Å². The van der Waals surface area contributed by atoms with Crippen LogP contribution in [-0.2, 0) is 19.1 Å². The third-order valence-electron chi connectivity index (χ3n) is 6.30. The summed E-state index contributed by atoms with van der Waals surface area (Å²) in [5.41, 5.74) is 4.89. The number of hydrogen-bond acceptors (Lipinski definition) is 6. The van der Waals surface area contributed by atoms with Gasteiger partial charge in [-0.05, 0) is 55.5 Å². The molecule has 1 heterocycles. The third kappa shape index (κ3) is 5.19. The molecule has 35 heavy (non-hydrogen) atoms. The van der Waals surface area contributed by atoms with E-state index in [0.29, 0.717) is 24.4 Å². The molecular weight excluding hydrogens is 474 g/mol. The zero-order valence-electron chi connectivity index (χ0n) is 19.0. The number of carbonyl (C=O) groups is 5. The molecule has 9 nitrogen and oxygen atoms in total. The van der Waals surface area contributed by atoms with Crippen molar-refractivity contribution in [3.63, 3.8) is 0 Å². The Morgan fingerprint density at radius 1 is 1.00 bits per heavy atom. The Labute approximate surface area is 206 Å². The molecule has 2 aliphatic rings. The van der Waals surface area contributed by atoms with Gasteiger partial charge in [0.2, 0.25) is 11.8 Å². The van der Waals surface area contributed by atoms with Gasteiger partial charge in [-0.1, -0.05) is 36.7 Å². The Bertz CT molecular complexity index is 1200. The first-order chi connectivity index (χ1) is 16.8. The Balaban J connectivity index is 1.34. The van der Waals surface area contributed by atoms with Crippen molar-refractivity contribution in [2.75, 3.05) is 11.5 Å². The number of imide groups is 1. The number of hydrogen-bond donors (Lipinski definition) is 2. The van der Waals surface area contributed by atoms with Gasteiger partial charge in [-0.3, -0.25) is 34.9 Å². The van der Waals surface area contributed by atoms with Crippen molar-refractivity contribution < 1.29 is 28.7 Å². The second kappa shape index (κ2) is 10.3. The molecule has 2 fully saturated rings. The minimum Gasteiger partial charge on any atom is -0.452 e. The minimum atomic E-state index is -0.815. The average Bonchev–Trinajstić information content (AvgIpc) is 3.10. The molecule has 2 aromatic carbocycles. The van der Waals surface area contributed by atoms with Gasteiger partial charge >= 0.3 is 5.97 Å². The number of benzene rings is 2. The maximum Gasteiger partial charge on any atom is 0.338 e. The number of nitrogens with zero attached hydrogens (tertiary/aromatic N) is 1. The van der Waals surface area contributed by atoms with Crippen molar-refractivity contribution >= 4 is 46.9 Å². The van der Waals surface area contributed by atoms with Gasteiger partial charge in [-0.15, -0.1) is 0 Å². The molecule has 182 valence electrons. The summed E-state index contributed by atoms with van der Waals surface area (Å²) >= 11 is 5.94. The molecule has 1 aliphatic heterocycles. The number of rotatable bonds is 5. The smallest absolute Gasteiger partial charge is 0.338 e. The maximum atomic E-state index is 12.9. The molecule has 0 unspecified atom stereocenters. The van der Waals surface area contributed by atoms with Crippen molar-refractivity contribution in [1.82, 2.24) is 10.9 Å². The summed E-state index contributed by atoms with van der Waals surface area (Å²) in [4.78, 5) is 63.5. The highest BCUT2D eigenvalue weighted by atomic mass is 35.5. The topological polar surface area (TPSA) is 122 Å². The summed E-state index contributed by atoms with van der Waals surface area (Å²) in [5, 5.41) is 0.217. The molecule has 4 amide bonds. The van der Waals surface area contributed by atoms with Crippen LogP contribution in [0.5, 0.6) is 0 Å². The van der Waals surface area contributed by atoms with E-state index in [1.54, 1.807) is 24.3 Å². The standard InChI is InChI=1S/C25H24ClN3O6/c1-14-9-10-17-19(11-14)24(33)29(23(17)32)16-6-4-5-15(12-16)25(34)35-13-21(30)27-28-22(31)18-7-2-3-8-20(18)26/h2-8,12,14,17,19H,9-11,13H2,1H3,(H,27,30)(H,28,31)/t14-,17+,19+/m1/s1. The normalized spacial score (nSPS) is 21.3. The predicted octanol–water partition coefficient (Wildman–Crippen LogP) is 2.88. The molecule has 0 aromatic heterocycles. The second-order valence-electron chi connectivity index (χ2n) is 8.75. The van der Waals surface area contributed by atoms with Crippen molar-refractivity contribution in [3.8, 4) is 0 Å². The van der Waals surface area contributed by atoms with Crippen LogP contribution in [0.2, 0.25) is 5.02 Å². The number of ether oxygens (including phenoxy) is 1. The van der Waals surface area contributed by atoms with E-state index in [9.17, 15) is 24.0 Å². The highest BCUT2D eigenvalue weighted by Gasteiger charge is 2.50. The van der Waals surface area contributed by atoms with E-state index < -0.39 is 24.4 Å². The first kappa shape index (κ1) is 24.4. The Morgan fingerprint density at radius 3 is 2.51 bits per heavy atom. The van der Waals surface area contributed by atoms with Gasteiger partial charge in [0.15, 0.2) is 6.61 Å². The molecule has 0 bridgehead atoms. The van der Waals surface area contributed by atoms with Crippen LogP contribution in [-0.4, -0.2) is 36.2 Å². The zero-order valence-corrected chi connectivity index (χ0v) is 19.7. The fraction of sp³-hybridized carbons (Fsp3) is 0.320. The second-order valence-corrected chi connectivity index (χ2v) is 9.16. The largest absolute Gasteiger partial charge is 0.452 e. The number of amides is 4. The predicted molar refractivity (Wildman–Crippen MR) is 126 cm³/mol. The fourth-order valence-electron chi connectivity index (χ4n) is 4.51. The maximum absolute atomic E-state index is 12.9. The first-order valence-corrected chi connectivity index (χ1v) is 11.6. The van der Waals surface area contributed by atoms with Crippen LogP contribution in [0.25, 0.3) is 0 Å². The first-order valence-electron chi connectivity index (χ1n) is 11.2. The van der Waals surface area contributed by atoms with E-state index >= 15 is 0 Å². The van der Waals surface area contributed by atoms with Gasteiger partial charge in [0, 0.05) is 0 Å². The summed E-state index contributed by atoms with van der Waals surface area (Å²) in [7, 11) is 0. The monoisotopic (exact) mass is 497 g/mol. The van der Waals surface area contributed by atoms with E-state index in [1.165, 1.54) is 24.3 Å². The van der Waals surface area contributed by atoms with Gasteiger partial charge in [0.1, 0.15) is 0 Å². The van der Waals surface area contributed by atoms with Crippen LogP contribution in [0.1, 0.15) is 46.9 Å². The molecule has 4 rings (SSSR count). The highest BCUT2D eigenvalue weighted by molar-refractivity contribution is 6.33. The Hall–Kier alpha value is -3.72. The van der Waals surface area contributed by atoms with E-state index in [1.807, 2.05) is 0 Å². The summed E-state index contributed by atoms with van der Waals surface area (Å²) in [6.07, 6.45) is 2.26. The molecule has 0 spiro atoms. The van der Waals surface area contributed by atoms with Crippen molar-refractivity contribution in [1.29, 1.82) is 0 Å². The summed E-state index contributed by atoms with van der Waals surface area (Å²) in [6, 6.07) is 12.3. The number of hydrazine groups is 1. The quantitative estimate of drug-likeness (QED) is 0.372. The van der Waals surface area contributed by atoms with Crippen LogP contribution in [0.15, 0.2) is 48.5 Å². The van der Waals surface area contributed by atoms with Crippen LogP contribution in [0, 0.1) is 17.8 Å². The number of anilines is 1. The number of halogens is 1. The minimum absolute atomic E-state index is 0.0826. The molecule has 10 heteroatoms.